The first-order valence-electron chi connectivity index (χ1n) is 18.9. The first-order chi connectivity index (χ1) is 28.4. The molecule has 0 aliphatic heterocycles. The second-order valence-electron chi connectivity index (χ2n) is 12.6. The second kappa shape index (κ2) is 28.6. The van der Waals surface area contributed by atoms with Crippen molar-refractivity contribution in [1.82, 2.24) is 26.6 Å². The number of rotatable bonds is 27. The van der Waals surface area contributed by atoms with Gasteiger partial charge < -0.3 is 50.3 Å². The maximum absolute atomic E-state index is 13.4. The molecule has 0 radical (unpaired) electrons. The molecule has 2 aromatic carbocycles. The van der Waals surface area contributed by atoms with Gasteiger partial charge in [0.15, 0.2) is 0 Å². The number of amides is 5. The van der Waals surface area contributed by atoms with Crippen molar-refractivity contribution >= 4 is 47.8 Å². The number of esters is 3. The monoisotopic (exact) mass is 823 g/mol. The molecule has 0 bridgehead atoms. The summed E-state index contributed by atoms with van der Waals surface area (Å²) in [6.45, 7) is 7.68. The summed E-state index contributed by atoms with van der Waals surface area (Å²) in [4.78, 5) is 102. The Morgan fingerprint density at radius 2 is 1.20 bits per heavy atom. The van der Waals surface area contributed by atoms with E-state index in [1.54, 1.807) is 37.3 Å². The third-order valence-corrected chi connectivity index (χ3v) is 7.92. The Balaban J connectivity index is 2.06. The van der Waals surface area contributed by atoms with Gasteiger partial charge >= 0.3 is 30.1 Å². The zero-order valence-corrected chi connectivity index (χ0v) is 33.1. The smallest absolute Gasteiger partial charge is 0.408 e. The maximum Gasteiger partial charge on any atom is 0.408 e. The van der Waals surface area contributed by atoms with Crippen molar-refractivity contribution in [2.75, 3.05) is 32.9 Å². The van der Waals surface area contributed by atoms with Crippen LogP contribution in [0.25, 0.3) is 0 Å². The molecule has 5 N–H and O–H groups in total. The lowest BCUT2D eigenvalue weighted by atomic mass is 10.1. The predicted octanol–water partition coefficient (Wildman–Crippen LogP) is 2.66. The minimum Gasteiger partial charge on any atom is -0.464 e. The van der Waals surface area contributed by atoms with E-state index in [1.807, 2.05) is 30.3 Å². The van der Waals surface area contributed by atoms with E-state index in [0.29, 0.717) is 18.4 Å². The molecule has 18 nitrogen and oxygen atoms in total. The van der Waals surface area contributed by atoms with E-state index in [4.69, 9.17) is 23.7 Å². The van der Waals surface area contributed by atoms with Crippen LogP contribution in [0.1, 0.15) is 56.6 Å². The molecule has 59 heavy (non-hydrogen) atoms. The fourth-order valence-electron chi connectivity index (χ4n) is 4.99. The minimum atomic E-state index is -1.60. The minimum absolute atomic E-state index is 0.0405. The van der Waals surface area contributed by atoms with E-state index in [0.717, 1.165) is 5.56 Å². The Bertz CT molecular complexity index is 1690. The van der Waals surface area contributed by atoms with Crippen molar-refractivity contribution in [3.05, 3.63) is 97.1 Å². The van der Waals surface area contributed by atoms with Crippen LogP contribution >= 0.6 is 0 Å². The van der Waals surface area contributed by atoms with Gasteiger partial charge in [-0.15, -0.1) is 0 Å². The van der Waals surface area contributed by atoms with Gasteiger partial charge in [-0.25, -0.2) is 14.4 Å². The number of benzene rings is 2. The number of nitrogens with one attached hydrogen (secondary N) is 5. The molecule has 2 rings (SSSR count). The predicted molar refractivity (Wildman–Crippen MR) is 212 cm³/mol. The summed E-state index contributed by atoms with van der Waals surface area (Å²) in [5, 5.41) is 12.3. The summed E-state index contributed by atoms with van der Waals surface area (Å²) in [5.41, 5.74) is 1.52. The Hall–Kier alpha value is -6.72. The highest BCUT2D eigenvalue weighted by molar-refractivity contribution is 5.95. The number of carbonyl (C=O) groups excluding carboxylic acids is 8. The number of hydrogen-bond donors (Lipinski definition) is 5. The van der Waals surface area contributed by atoms with Gasteiger partial charge in [0.1, 0.15) is 44.6 Å². The van der Waals surface area contributed by atoms with Crippen molar-refractivity contribution in [3.63, 3.8) is 0 Å². The first kappa shape index (κ1) is 48.4. The molecule has 0 aliphatic carbocycles. The van der Waals surface area contributed by atoms with Crippen LogP contribution in [-0.2, 0) is 65.7 Å². The van der Waals surface area contributed by atoms with Gasteiger partial charge in [-0.1, -0.05) is 86.0 Å². The van der Waals surface area contributed by atoms with Crippen LogP contribution in [0.3, 0.4) is 0 Å². The molecule has 0 aliphatic rings. The van der Waals surface area contributed by atoms with Crippen molar-refractivity contribution < 1.29 is 62.0 Å². The van der Waals surface area contributed by atoms with Crippen molar-refractivity contribution in [2.24, 2.45) is 0 Å². The van der Waals surface area contributed by atoms with Crippen molar-refractivity contribution in [3.8, 4) is 0 Å². The normalized spacial score (nSPS) is 11.8. The van der Waals surface area contributed by atoms with Gasteiger partial charge in [-0.05, 0) is 43.7 Å². The third kappa shape index (κ3) is 21.4. The quantitative estimate of drug-likeness (QED) is 0.0377. The molecule has 3 atom stereocenters. The lowest BCUT2D eigenvalue weighted by Crippen LogP contribution is -2.55. The highest BCUT2D eigenvalue weighted by Crippen LogP contribution is 2.08. The van der Waals surface area contributed by atoms with Crippen LogP contribution in [0, 0.1) is 0 Å². The number of unbranched alkanes of at least 4 members (excludes halogenated alkanes) is 1. The zero-order valence-electron chi connectivity index (χ0n) is 33.1. The topological polar surface area (TPSA) is 243 Å². The molecule has 0 spiro atoms. The van der Waals surface area contributed by atoms with Crippen LogP contribution < -0.4 is 26.6 Å². The Kier molecular flexibility index (Phi) is 23.5. The van der Waals surface area contributed by atoms with Crippen molar-refractivity contribution in [2.45, 2.75) is 76.8 Å². The number of alkyl carbamates (subject to hydrolysis) is 2. The summed E-state index contributed by atoms with van der Waals surface area (Å²) in [6.07, 6.45) is 0.743. The van der Waals surface area contributed by atoms with Gasteiger partial charge in [0.25, 0.3) is 0 Å². The molecule has 0 heterocycles. The van der Waals surface area contributed by atoms with Gasteiger partial charge in [-0.2, -0.15) is 0 Å². The summed E-state index contributed by atoms with van der Waals surface area (Å²) in [5.74, 6) is -5.12. The average molecular weight is 824 g/mol. The summed E-state index contributed by atoms with van der Waals surface area (Å²) in [6, 6.07) is 13.8. The van der Waals surface area contributed by atoms with Gasteiger partial charge in [0, 0.05) is 13.0 Å². The molecule has 2 aromatic rings. The summed E-state index contributed by atoms with van der Waals surface area (Å²) >= 11 is 0. The Labute approximate surface area is 342 Å². The van der Waals surface area contributed by atoms with Crippen LogP contribution in [0.2, 0.25) is 0 Å². The van der Waals surface area contributed by atoms with Gasteiger partial charge in [0.2, 0.25) is 17.7 Å². The summed E-state index contributed by atoms with van der Waals surface area (Å²) < 4.78 is 25.4. The molecule has 18 heteroatoms. The highest BCUT2D eigenvalue weighted by Gasteiger charge is 2.31. The largest absolute Gasteiger partial charge is 0.464 e. The number of hydrogen-bond acceptors (Lipinski definition) is 13. The average Bonchev–Trinajstić information content (AvgIpc) is 3.23. The zero-order chi connectivity index (χ0) is 43.3. The van der Waals surface area contributed by atoms with Gasteiger partial charge in [-0.3, -0.25) is 24.0 Å². The summed E-state index contributed by atoms with van der Waals surface area (Å²) in [7, 11) is 0. The molecule has 320 valence electrons. The fraction of sp³-hybridized carbons (Fsp3) is 0.415. The lowest BCUT2D eigenvalue weighted by Gasteiger charge is -2.22. The molecule has 0 saturated heterocycles. The molecular formula is C41H53N5O13. The first-order valence-corrected chi connectivity index (χ1v) is 18.9. The fourth-order valence-corrected chi connectivity index (χ4v) is 4.99. The van der Waals surface area contributed by atoms with Gasteiger partial charge in [0.05, 0.1) is 19.6 Å². The SMILES string of the molecule is C=CCOC(=O)CC[C@H](NC(=O)[C@H](CC(=O)OCC=C)NC(=O)CNC(=O)[C@H](CCCCNC(=O)OCc1ccccc1)NC(=O)OCc1ccccc1)C(=O)OCC. The second-order valence-corrected chi connectivity index (χ2v) is 12.6. The standard InChI is InChI=1S/C41H53N5O13/c1-4-23-56-35(48)21-20-32(39(52)55-6-3)45-38(51)33(25-36(49)57-24-5-2)44-34(47)26-43-37(50)31(46-41(54)59-28-30-17-11-8-12-18-30)19-13-14-22-42-40(53)58-27-29-15-9-7-10-16-29/h4-5,7-12,15-18,31-33H,1-2,6,13-14,19-28H2,3H3,(H,42,53)(H,43,50)(H,44,47)(H,45,51)(H,46,54)/t31-,32-,33-/m0/s1. The van der Waals surface area contributed by atoms with Crippen LogP contribution in [0.4, 0.5) is 9.59 Å². The molecular weight excluding hydrogens is 770 g/mol. The molecule has 0 aromatic heterocycles. The Morgan fingerprint density at radius 3 is 1.80 bits per heavy atom. The van der Waals surface area contributed by atoms with E-state index in [9.17, 15) is 38.4 Å². The van der Waals surface area contributed by atoms with Crippen LogP contribution in [-0.4, -0.2) is 98.9 Å². The third-order valence-electron chi connectivity index (χ3n) is 7.92. The van der Waals surface area contributed by atoms with E-state index in [-0.39, 0.29) is 58.8 Å². The molecule has 0 saturated carbocycles. The number of ether oxygens (including phenoxy) is 5. The molecule has 0 unspecified atom stereocenters. The van der Waals surface area contributed by atoms with E-state index in [1.165, 1.54) is 12.2 Å². The maximum atomic E-state index is 13.4. The number of carbonyl (C=O) groups is 8. The van der Waals surface area contributed by atoms with E-state index < -0.39 is 78.9 Å². The lowest BCUT2D eigenvalue weighted by molar-refractivity contribution is -0.149. The van der Waals surface area contributed by atoms with Crippen LogP contribution in [0.5, 0.6) is 0 Å². The highest BCUT2D eigenvalue weighted by atomic mass is 16.6. The van der Waals surface area contributed by atoms with Crippen LogP contribution in [0.15, 0.2) is 86.0 Å². The Morgan fingerprint density at radius 1 is 0.610 bits per heavy atom. The van der Waals surface area contributed by atoms with E-state index in [2.05, 4.69) is 39.7 Å². The molecule has 5 amide bonds. The van der Waals surface area contributed by atoms with E-state index >= 15 is 0 Å². The van der Waals surface area contributed by atoms with Crippen molar-refractivity contribution in [1.29, 1.82) is 0 Å². The molecule has 0 fully saturated rings.